The highest BCUT2D eigenvalue weighted by atomic mass is 35.5. The zero-order chi connectivity index (χ0) is 17.5. The molecule has 0 aliphatic carbocycles. The van der Waals surface area contributed by atoms with E-state index in [1.807, 2.05) is 18.2 Å². The molecule has 0 spiro atoms. The molecule has 4 heteroatoms. The van der Waals surface area contributed by atoms with Gasteiger partial charge in [-0.2, -0.15) is 0 Å². The van der Waals surface area contributed by atoms with Gasteiger partial charge in [-0.1, -0.05) is 66.2 Å². The Labute approximate surface area is 157 Å². The Kier molecular flexibility index (Phi) is 3.68. The first kappa shape index (κ1) is 15.5. The SMILES string of the molecule is Clc1ccc(C2CC(c3ccccc3)n3c(nc4ccccc43)N2)cc1. The highest BCUT2D eigenvalue weighted by molar-refractivity contribution is 6.30. The van der Waals surface area contributed by atoms with E-state index in [4.69, 9.17) is 16.6 Å². The number of para-hydroxylation sites is 2. The molecular weight excluding hydrogens is 342 g/mol. The van der Waals surface area contributed by atoms with Gasteiger partial charge in [0.05, 0.1) is 23.1 Å². The molecule has 1 N–H and O–H groups in total. The van der Waals surface area contributed by atoms with Crippen LogP contribution in [0.15, 0.2) is 78.9 Å². The van der Waals surface area contributed by atoms with Gasteiger partial charge in [-0.3, -0.25) is 0 Å². The van der Waals surface area contributed by atoms with Gasteiger partial charge in [-0.05, 0) is 41.8 Å². The maximum atomic E-state index is 6.07. The third-order valence-electron chi connectivity index (χ3n) is 5.13. The monoisotopic (exact) mass is 359 g/mol. The average Bonchev–Trinajstić information content (AvgIpc) is 3.07. The van der Waals surface area contributed by atoms with E-state index in [1.165, 1.54) is 16.6 Å². The molecule has 26 heavy (non-hydrogen) atoms. The predicted molar refractivity (Wildman–Crippen MR) is 107 cm³/mol. The van der Waals surface area contributed by atoms with Crippen molar-refractivity contribution in [2.24, 2.45) is 0 Å². The van der Waals surface area contributed by atoms with Crippen molar-refractivity contribution in [1.29, 1.82) is 0 Å². The van der Waals surface area contributed by atoms with E-state index in [2.05, 4.69) is 70.5 Å². The molecule has 1 aliphatic heterocycles. The second-order valence-electron chi connectivity index (χ2n) is 6.70. The molecule has 2 heterocycles. The Morgan fingerprint density at radius 3 is 2.38 bits per heavy atom. The van der Waals surface area contributed by atoms with Crippen molar-refractivity contribution in [3.05, 3.63) is 95.0 Å². The summed E-state index contributed by atoms with van der Waals surface area (Å²) in [6, 6.07) is 27.5. The van der Waals surface area contributed by atoms with Crippen molar-refractivity contribution in [3.8, 4) is 0 Å². The Hall–Kier alpha value is -2.78. The van der Waals surface area contributed by atoms with Gasteiger partial charge in [0.2, 0.25) is 5.95 Å². The molecule has 2 unspecified atom stereocenters. The third-order valence-corrected chi connectivity index (χ3v) is 5.38. The van der Waals surface area contributed by atoms with E-state index in [0.29, 0.717) is 0 Å². The lowest BCUT2D eigenvalue weighted by molar-refractivity contribution is 0.477. The van der Waals surface area contributed by atoms with Gasteiger partial charge in [0.1, 0.15) is 0 Å². The van der Waals surface area contributed by atoms with Gasteiger partial charge in [0, 0.05) is 5.02 Å². The highest BCUT2D eigenvalue weighted by Gasteiger charge is 2.30. The summed E-state index contributed by atoms with van der Waals surface area (Å²) in [5, 5.41) is 4.39. The molecule has 0 radical (unpaired) electrons. The number of anilines is 1. The van der Waals surface area contributed by atoms with E-state index in [-0.39, 0.29) is 12.1 Å². The average molecular weight is 360 g/mol. The van der Waals surface area contributed by atoms with Gasteiger partial charge < -0.3 is 9.88 Å². The summed E-state index contributed by atoms with van der Waals surface area (Å²) in [6.45, 7) is 0. The van der Waals surface area contributed by atoms with Crippen LogP contribution in [0.5, 0.6) is 0 Å². The Morgan fingerprint density at radius 1 is 0.846 bits per heavy atom. The van der Waals surface area contributed by atoms with E-state index >= 15 is 0 Å². The van der Waals surface area contributed by atoms with Crippen LogP contribution in [0.4, 0.5) is 5.95 Å². The number of fused-ring (bicyclic) bond motifs is 3. The fourth-order valence-corrected chi connectivity index (χ4v) is 4.01. The van der Waals surface area contributed by atoms with E-state index < -0.39 is 0 Å². The summed E-state index contributed by atoms with van der Waals surface area (Å²) in [4.78, 5) is 4.85. The smallest absolute Gasteiger partial charge is 0.204 e. The zero-order valence-corrected chi connectivity index (χ0v) is 14.9. The molecule has 0 fully saturated rings. The van der Waals surface area contributed by atoms with Crippen LogP contribution in [0.25, 0.3) is 11.0 Å². The molecular formula is C22H18ClN3. The lowest BCUT2D eigenvalue weighted by atomic mass is 9.93. The largest absolute Gasteiger partial charge is 0.349 e. The molecule has 4 aromatic rings. The fraction of sp³-hybridized carbons (Fsp3) is 0.136. The molecule has 5 rings (SSSR count). The number of hydrogen-bond donors (Lipinski definition) is 1. The van der Waals surface area contributed by atoms with Crippen molar-refractivity contribution < 1.29 is 0 Å². The summed E-state index contributed by atoms with van der Waals surface area (Å²) in [7, 11) is 0. The molecule has 2 atom stereocenters. The topological polar surface area (TPSA) is 29.9 Å². The summed E-state index contributed by atoms with van der Waals surface area (Å²) in [5.74, 6) is 0.922. The van der Waals surface area contributed by atoms with Crippen LogP contribution in [-0.4, -0.2) is 9.55 Å². The Bertz CT molecular complexity index is 1050. The molecule has 3 aromatic carbocycles. The van der Waals surface area contributed by atoms with Crippen LogP contribution in [0.3, 0.4) is 0 Å². The quantitative estimate of drug-likeness (QED) is 0.487. The first-order chi connectivity index (χ1) is 12.8. The summed E-state index contributed by atoms with van der Waals surface area (Å²) in [6.07, 6.45) is 0.957. The zero-order valence-electron chi connectivity index (χ0n) is 14.1. The van der Waals surface area contributed by atoms with Crippen molar-refractivity contribution >= 4 is 28.6 Å². The number of nitrogens with one attached hydrogen (secondary N) is 1. The number of rotatable bonds is 2. The third kappa shape index (κ3) is 2.56. The van der Waals surface area contributed by atoms with Crippen LogP contribution in [0.1, 0.15) is 29.6 Å². The van der Waals surface area contributed by atoms with Crippen LogP contribution >= 0.6 is 11.6 Å². The Balaban J connectivity index is 1.66. The fourth-order valence-electron chi connectivity index (χ4n) is 3.88. The number of hydrogen-bond acceptors (Lipinski definition) is 2. The predicted octanol–water partition coefficient (Wildman–Crippen LogP) is 5.84. The number of halogens is 1. The number of nitrogens with zero attached hydrogens (tertiary/aromatic N) is 2. The van der Waals surface area contributed by atoms with Crippen LogP contribution in [-0.2, 0) is 0 Å². The minimum atomic E-state index is 0.196. The van der Waals surface area contributed by atoms with E-state index in [0.717, 1.165) is 22.9 Å². The maximum Gasteiger partial charge on any atom is 0.204 e. The van der Waals surface area contributed by atoms with Crippen LogP contribution in [0.2, 0.25) is 5.02 Å². The molecule has 0 saturated heterocycles. The van der Waals surface area contributed by atoms with E-state index in [9.17, 15) is 0 Å². The van der Waals surface area contributed by atoms with Crippen molar-refractivity contribution in [2.45, 2.75) is 18.5 Å². The second kappa shape index (κ2) is 6.19. The first-order valence-corrected chi connectivity index (χ1v) is 9.21. The minimum absolute atomic E-state index is 0.196. The normalized spacial score (nSPS) is 19.1. The minimum Gasteiger partial charge on any atom is -0.349 e. The summed E-state index contributed by atoms with van der Waals surface area (Å²) < 4.78 is 2.33. The molecule has 0 bridgehead atoms. The molecule has 0 amide bonds. The van der Waals surface area contributed by atoms with Crippen LogP contribution in [0, 0.1) is 0 Å². The lowest BCUT2D eigenvalue weighted by Crippen LogP contribution is -2.27. The highest BCUT2D eigenvalue weighted by Crippen LogP contribution is 2.41. The van der Waals surface area contributed by atoms with Crippen molar-refractivity contribution in [1.82, 2.24) is 9.55 Å². The maximum absolute atomic E-state index is 6.07. The van der Waals surface area contributed by atoms with Gasteiger partial charge in [0.15, 0.2) is 0 Å². The summed E-state index contributed by atoms with van der Waals surface area (Å²) in [5.41, 5.74) is 4.72. The Morgan fingerprint density at radius 2 is 1.58 bits per heavy atom. The summed E-state index contributed by atoms with van der Waals surface area (Å²) >= 11 is 6.07. The van der Waals surface area contributed by atoms with Gasteiger partial charge in [-0.25, -0.2) is 4.98 Å². The second-order valence-corrected chi connectivity index (χ2v) is 7.14. The molecule has 128 valence electrons. The number of aromatic nitrogens is 2. The molecule has 1 aromatic heterocycles. The van der Waals surface area contributed by atoms with Gasteiger partial charge >= 0.3 is 0 Å². The molecule has 0 saturated carbocycles. The number of imidazole rings is 1. The van der Waals surface area contributed by atoms with Crippen molar-refractivity contribution in [2.75, 3.05) is 5.32 Å². The van der Waals surface area contributed by atoms with Gasteiger partial charge in [-0.15, -0.1) is 0 Å². The molecule has 1 aliphatic rings. The number of benzene rings is 3. The van der Waals surface area contributed by atoms with Crippen molar-refractivity contribution in [3.63, 3.8) is 0 Å². The van der Waals surface area contributed by atoms with E-state index in [1.54, 1.807) is 0 Å². The standard InChI is InChI=1S/C22H18ClN3/c23-17-12-10-15(11-13-17)19-14-21(16-6-2-1-3-7-16)26-20-9-5-4-8-18(20)24-22(26)25-19/h1-13,19,21H,14H2,(H,24,25). The lowest BCUT2D eigenvalue weighted by Gasteiger charge is -2.33. The van der Waals surface area contributed by atoms with Crippen LogP contribution < -0.4 is 5.32 Å². The van der Waals surface area contributed by atoms with Gasteiger partial charge in [0.25, 0.3) is 0 Å². The first-order valence-electron chi connectivity index (χ1n) is 8.83. The molecule has 3 nitrogen and oxygen atoms in total.